The van der Waals surface area contributed by atoms with Crippen molar-refractivity contribution in [2.45, 2.75) is 18.9 Å². The second-order valence-corrected chi connectivity index (χ2v) is 7.13. The third kappa shape index (κ3) is 3.18. The lowest BCUT2D eigenvalue weighted by Gasteiger charge is -2.43. The third-order valence-electron chi connectivity index (χ3n) is 5.36. The molecule has 1 N–H and O–H groups in total. The summed E-state index contributed by atoms with van der Waals surface area (Å²) in [6.45, 7) is 0.347. The number of alkyl halides is 2. The van der Waals surface area contributed by atoms with Gasteiger partial charge in [0.15, 0.2) is 0 Å². The van der Waals surface area contributed by atoms with Crippen molar-refractivity contribution in [3.8, 4) is 6.07 Å². The number of halogens is 2. The van der Waals surface area contributed by atoms with Crippen molar-refractivity contribution in [1.29, 1.82) is 5.26 Å². The maximum Gasteiger partial charge on any atom is 0.329 e. The number of nitrogens with zero attached hydrogens (tertiary/aromatic N) is 3. The van der Waals surface area contributed by atoms with Gasteiger partial charge in [0.25, 0.3) is 12.3 Å². The van der Waals surface area contributed by atoms with Crippen molar-refractivity contribution < 1.29 is 18.4 Å². The van der Waals surface area contributed by atoms with Crippen LogP contribution in [0.25, 0.3) is 0 Å². The number of anilines is 1. The molecule has 4 rings (SSSR count). The van der Waals surface area contributed by atoms with Crippen molar-refractivity contribution in [2.75, 3.05) is 18.5 Å². The Bertz CT molecular complexity index is 1090. The number of hydrogen-bond donors (Lipinski definition) is 1. The lowest BCUT2D eigenvalue weighted by Crippen LogP contribution is -2.53. The molecular weight excluding hydrogens is 390 g/mol. The number of carbonyl (C=O) groups excluding carboxylic acids is 2. The molecule has 0 unspecified atom stereocenters. The summed E-state index contributed by atoms with van der Waals surface area (Å²) in [5, 5.41) is 11.8. The summed E-state index contributed by atoms with van der Waals surface area (Å²) in [4.78, 5) is 28.9. The molecular formula is C22H18F2N4O2. The SMILES string of the molecule is CN1C(=O)N(c2cccc(C(F)F)c2)C2=C(C(=O)NCC2)[C@@H]1c1ccc(C#N)cc1. The maximum absolute atomic E-state index is 13.3. The molecule has 1 atom stereocenters. The van der Waals surface area contributed by atoms with E-state index in [0.29, 0.717) is 41.1 Å². The van der Waals surface area contributed by atoms with E-state index in [2.05, 4.69) is 5.32 Å². The normalized spacial score (nSPS) is 19.0. The van der Waals surface area contributed by atoms with E-state index in [-0.39, 0.29) is 11.5 Å². The molecule has 2 aliphatic rings. The van der Waals surface area contributed by atoms with E-state index in [9.17, 15) is 18.4 Å². The van der Waals surface area contributed by atoms with Gasteiger partial charge in [-0.3, -0.25) is 9.69 Å². The van der Waals surface area contributed by atoms with Crippen LogP contribution in [0.15, 0.2) is 59.8 Å². The number of likely N-dealkylation sites (N-methyl/N-ethyl adjacent to an activating group) is 1. The summed E-state index contributed by atoms with van der Waals surface area (Å²) < 4.78 is 26.4. The molecule has 30 heavy (non-hydrogen) atoms. The number of nitriles is 1. The monoisotopic (exact) mass is 408 g/mol. The summed E-state index contributed by atoms with van der Waals surface area (Å²) in [5.41, 5.74) is 2.16. The van der Waals surface area contributed by atoms with Gasteiger partial charge in [-0.2, -0.15) is 5.26 Å². The maximum atomic E-state index is 13.3. The van der Waals surface area contributed by atoms with Gasteiger partial charge in [0.05, 0.1) is 28.9 Å². The first kappa shape index (κ1) is 19.6. The molecule has 0 bridgehead atoms. The second-order valence-electron chi connectivity index (χ2n) is 7.13. The Labute approximate surface area is 172 Å². The van der Waals surface area contributed by atoms with Crippen LogP contribution in [0.2, 0.25) is 0 Å². The van der Waals surface area contributed by atoms with E-state index in [1.54, 1.807) is 37.4 Å². The lowest BCUT2D eigenvalue weighted by atomic mass is 9.89. The first-order valence-corrected chi connectivity index (χ1v) is 9.38. The van der Waals surface area contributed by atoms with Gasteiger partial charge in [-0.15, -0.1) is 0 Å². The van der Waals surface area contributed by atoms with Crippen LogP contribution < -0.4 is 10.2 Å². The van der Waals surface area contributed by atoms with Gasteiger partial charge in [0, 0.05) is 31.3 Å². The van der Waals surface area contributed by atoms with Crippen molar-refractivity contribution in [1.82, 2.24) is 10.2 Å². The van der Waals surface area contributed by atoms with Crippen LogP contribution >= 0.6 is 0 Å². The molecule has 2 aliphatic heterocycles. The zero-order chi connectivity index (χ0) is 21.4. The average Bonchev–Trinajstić information content (AvgIpc) is 2.75. The van der Waals surface area contributed by atoms with Crippen LogP contribution in [0.5, 0.6) is 0 Å². The van der Waals surface area contributed by atoms with Gasteiger partial charge in [-0.1, -0.05) is 24.3 Å². The summed E-state index contributed by atoms with van der Waals surface area (Å²) in [7, 11) is 1.57. The predicted octanol–water partition coefficient (Wildman–Crippen LogP) is 3.88. The Balaban J connectivity index is 1.88. The minimum Gasteiger partial charge on any atom is -0.352 e. The van der Waals surface area contributed by atoms with Crippen molar-refractivity contribution in [2.24, 2.45) is 0 Å². The van der Waals surface area contributed by atoms with E-state index in [1.807, 2.05) is 6.07 Å². The molecule has 2 aromatic carbocycles. The van der Waals surface area contributed by atoms with Gasteiger partial charge in [-0.25, -0.2) is 13.6 Å². The number of amides is 3. The van der Waals surface area contributed by atoms with E-state index < -0.39 is 18.5 Å². The zero-order valence-electron chi connectivity index (χ0n) is 16.1. The van der Waals surface area contributed by atoms with Crippen molar-refractivity contribution >= 4 is 17.6 Å². The molecule has 2 aromatic rings. The largest absolute Gasteiger partial charge is 0.352 e. The number of carbonyl (C=O) groups is 2. The van der Waals surface area contributed by atoms with Gasteiger partial charge in [0.2, 0.25) is 0 Å². The summed E-state index contributed by atoms with van der Waals surface area (Å²) in [6, 6.07) is 13.3. The number of urea groups is 1. The zero-order valence-corrected chi connectivity index (χ0v) is 16.1. The Morgan fingerprint density at radius 2 is 1.90 bits per heavy atom. The van der Waals surface area contributed by atoms with Gasteiger partial charge in [0.1, 0.15) is 0 Å². The highest BCUT2D eigenvalue weighted by molar-refractivity contribution is 6.05. The number of benzene rings is 2. The molecule has 0 radical (unpaired) electrons. The Hall–Kier alpha value is -3.73. The van der Waals surface area contributed by atoms with Gasteiger partial charge in [-0.05, 0) is 29.8 Å². The molecule has 3 amide bonds. The first-order valence-electron chi connectivity index (χ1n) is 9.38. The fraction of sp³-hybridized carbons (Fsp3) is 0.227. The fourth-order valence-electron chi connectivity index (χ4n) is 3.94. The summed E-state index contributed by atoms with van der Waals surface area (Å²) in [6.07, 6.45) is -2.27. The van der Waals surface area contributed by atoms with Gasteiger partial charge >= 0.3 is 6.03 Å². The lowest BCUT2D eigenvalue weighted by molar-refractivity contribution is -0.118. The van der Waals surface area contributed by atoms with Crippen molar-refractivity contribution in [3.63, 3.8) is 0 Å². The van der Waals surface area contributed by atoms with Crippen LogP contribution in [-0.4, -0.2) is 30.4 Å². The number of nitrogens with one attached hydrogen (secondary N) is 1. The Morgan fingerprint density at radius 1 is 1.17 bits per heavy atom. The highest BCUT2D eigenvalue weighted by Gasteiger charge is 2.43. The predicted molar refractivity (Wildman–Crippen MR) is 106 cm³/mol. The molecule has 0 fully saturated rings. The van der Waals surface area contributed by atoms with E-state index in [4.69, 9.17) is 5.26 Å². The molecule has 8 heteroatoms. The van der Waals surface area contributed by atoms with Crippen LogP contribution in [0.4, 0.5) is 19.3 Å². The van der Waals surface area contributed by atoms with Crippen LogP contribution in [-0.2, 0) is 4.79 Å². The molecule has 6 nitrogen and oxygen atoms in total. The topological polar surface area (TPSA) is 76.4 Å². The Morgan fingerprint density at radius 3 is 2.57 bits per heavy atom. The molecule has 0 spiro atoms. The highest BCUT2D eigenvalue weighted by Crippen LogP contribution is 2.41. The quantitative estimate of drug-likeness (QED) is 0.837. The first-order chi connectivity index (χ1) is 14.4. The highest BCUT2D eigenvalue weighted by atomic mass is 19.3. The smallest absolute Gasteiger partial charge is 0.329 e. The minimum absolute atomic E-state index is 0.195. The second kappa shape index (κ2) is 7.59. The molecule has 0 aliphatic carbocycles. The third-order valence-corrected chi connectivity index (χ3v) is 5.36. The van der Waals surface area contributed by atoms with Crippen LogP contribution in [0, 0.1) is 11.3 Å². The van der Waals surface area contributed by atoms with Crippen LogP contribution in [0.1, 0.15) is 35.6 Å². The molecule has 0 saturated heterocycles. The van der Waals surface area contributed by atoms with Gasteiger partial charge < -0.3 is 10.2 Å². The number of rotatable bonds is 3. The van der Waals surface area contributed by atoms with E-state index in [1.165, 1.54) is 28.0 Å². The van der Waals surface area contributed by atoms with E-state index in [0.717, 1.165) is 0 Å². The number of hydrogen-bond acceptors (Lipinski definition) is 3. The minimum atomic E-state index is -2.67. The van der Waals surface area contributed by atoms with Crippen molar-refractivity contribution in [3.05, 3.63) is 76.5 Å². The summed E-state index contributed by atoms with van der Waals surface area (Å²) in [5.74, 6) is -0.306. The Kier molecular flexibility index (Phi) is 4.96. The molecule has 2 heterocycles. The fourth-order valence-corrected chi connectivity index (χ4v) is 3.94. The molecule has 152 valence electrons. The molecule has 0 saturated carbocycles. The summed E-state index contributed by atoms with van der Waals surface area (Å²) >= 11 is 0. The average molecular weight is 408 g/mol. The van der Waals surface area contributed by atoms with E-state index >= 15 is 0 Å². The van der Waals surface area contributed by atoms with Crippen LogP contribution in [0.3, 0.4) is 0 Å². The standard InChI is InChI=1S/C22H18F2N4O2/c1-27-19(14-7-5-13(12-25)6-8-14)18-17(9-10-26-21(18)29)28(22(27)30)16-4-2-3-15(11-16)20(23)24/h2-8,11,19-20H,9-10H2,1H3,(H,26,29)/t19-/m0/s1. The molecule has 0 aromatic heterocycles.